The van der Waals surface area contributed by atoms with Gasteiger partial charge in [-0.05, 0) is 43.3 Å². The molecule has 0 fully saturated rings. The van der Waals surface area contributed by atoms with E-state index < -0.39 is 18.0 Å². The molecular weight excluding hydrogens is 348 g/mol. The van der Waals surface area contributed by atoms with Gasteiger partial charge in [-0.1, -0.05) is 19.1 Å². The highest BCUT2D eigenvalue weighted by molar-refractivity contribution is 6.05. The zero-order valence-electron chi connectivity index (χ0n) is 15.4. The number of hydrogen-bond donors (Lipinski definition) is 2. The molecule has 0 aliphatic carbocycles. The van der Waals surface area contributed by atoms with E-state index in [-0.39, 0.29) is 12.3 Å². The Hall–Kier alpha value is -3.35. The van der Waals surface area contributed by atoms with Crippen molar-refractivity contribution >= 4 is 29.2 Å². The van der Waals surface area contributed by atoms with Gasteiger partial charge in [0.15, 0.2) is 6.10 Å². The molecule has 2 aromatic carbocycles. The van der Waals surface area contributed by atoms with E-state index in [0.717, 1.165) is 0 Å². The van der Waals surface area contributed by atoms with E-state index >= 15 is 0 Å². The summed E-state index contributed by atoms with van der Waals surface area (Å²) in [7, 11) is 1.53. The molecule has 0 radical (unpaired) electrons. The first-order valence-corrected chi connectivity index (χ1v) is 8.49. The second-order valence-corrected chi connectivity index (χ2v) is 5.71. The minimum Gasteiger partial charge on any atom is -0.495 e. The molecule has 2 amide bonds. The average molecular weight is 370 g/mol. The van der Waals surface area contributed by atoms with Crippen LogP contribution in [0.2, 0.25) is 0 Å². The molecule has 7 nitrogen and oxygen atoms in total. The first kappa shape index (κ1) is 20.0. The summed E-state index contributed by atoms with van der Waals surface area (Å²) >= 11 is 0. The molecule has 0 saturated heterocycles. The van der Waals surface area contributed by atoms with Crippen LogP contribution in [0.4, 0.5) is 11.4 Å². The van der Waals surface area contributed by atoms with Crippen LogP contribution in [0.5, 0.6) is 5.75 Å². The van der Waals surface area contributed by atoms with Gasteiger partial charge in [0.25, 0.3) is 11.8 Å². The van der Waals surface area contributed by atoms with Crippen molar-refractivity contribution in [1.82, 2.24) is 0 Å². The van der Waals surface area contributed by atoms with E-state index in [4.69, 9.17) is 9.47 Å². The van der Waals surface area contributed by atoms with Crippen molar-refractivity contribution in [2.75, 3.05) is 17.7 Å². The summed E-state index contributed by atoms with van der Waals surface area (Å²) < 4.78 is 10.2. The maximum Gasteiger partial charge on any atom is 0.306 e. The zero-order chi connectivity index (χ0) is 19.8. The molecule has 0 saturated carbocycles. The van der Waals surface area contributed by atoms with Crippen LogP contribution in [0.3, 0.4) is 0 Å². The smallest absolute Gasteiger partial charge is 0.306 e. The van der Waals surface area contributed by atoms with Gasteiger partial charge in [0.05, 0.1) is 12.8 Å². The van der Waals surface area contributed by atoms with E-state index in [1.165, 1.54) is 14.0 Å². The Morgan fingerprint density at radius 2 is 1.67 bits per heavy atom. The van der Waals surface area contributed by atoms with E-state index in [2.05, 4.69) is 10.6 Å². The summed E-state index contributed by atoms with van der Waals surface area (Å²) in [5.41, 5.74) is 1.48. The van der Waals surface area contributed by atoms with Gasteiger partial charge in [-0.25, -0.2) is 0 Å². The highest BCUT2D eigenvalue weighted by Crippen LogP contribution is 2.23. The van der Waals surface area contributed by atoms with Crippen LogP contribution in [-0.4, -0.2) is 31.0 Å². The summed E-state index contributed by atoms with van der Waals surface area (Å²) in [6.07, 6.45) is -0.695. The number of methoxy groups -OCH3 is 1. The van der Waals surface area contributed by atoms with Gasteiger partial charge in [-0.15, -0.1) is 0 Å². The number of hydrogen-bond acceptors (Lipinski definition) is 5. The number of para-hydroxylation sites is 2. The third-order valence-electron chi connectivity index (χ3n) is 3.74. The molecule has 1 atom stereocenters. The summed E-state index contributed by atoms with van der Waals surface area (Å²) in [4.78, 5) is 35.6. The topological polar surface area (TPSA) is 93.7 Å². The molecule has 0 heterocycles. The number of anilines is 2. The highest BCUT2D eigenvalue weighted by Gasteiger charge is 2.17. The van der Waals surface area contributed by atoms with Gasteiger partial charge in [-0.3, -0.25) is 14.4 Å². The van der Waals surface area contributed by atoms with E-state index in [1.54, 1.807) is 49.4 Å². The average Bonchev–Trinajstić information content (AvgIpc) is 2.68. The van der Waals surface area contributed by atoms with Crippen molar-refractivity contribution in [2.45, 2.75) is 26.4 Å². The number of carbonyl (C=O) groups is 3. The summed E-state index contributed by atoms with van der Waals surface area (Å²) in [5, 5.41) is 5.41. The van der Waals surface area contributed by atoms with Gasteiger partial charge in [-0.2, -0.15) is 0 Å². The number of rotatable bonds is 7. The SMILES string of the molecule is CCC(=O)O[C@H](C)C(=O)Nc1ccc(C(=O)Nc2ccccc2OC)cc1. The van der Waals surface area contributed by atoms with Crippen molar-refractivity contribution in [1.29, 1.82) is 0 Å². The van der Waals surface area contributed by atoms with Crippen LogP contribution in [-0.2, 0) is 14.3 Å². The lowest BCUT2D eigenvalue weighted by atomic mass is 10.2. The lowest BCUT2D eigenvalue weighted by Crippen LogP contribution is -2.29. The number of benzene rings is 2. The van der Waals surface area contributed by atoms with Crippen LogP contribution < -0.4 is 15.4 Å². The predicted octanol–water partition coefficient (Wildman–Crippen LogP) is 3.23. The Morgan fingerprint density at radius 3 is 2.30 bits per heavy atom. The fourth-order valence-electron chi connectivity index (χ4n) is 2.23. The minimum absolute atomic E-state index is 0.202. The lowest BCUT2D eigenvalue weighted by molar-refractivity contribution is -0.152. The predicted molar refractivity (Wildman–Crippen MR) is 102 cm³/mol. The number of esters is 1. The molecule has 0 aliphatic heterocycles. The van der Waals surface area contributed by atoms with E-state index in [1.807, 2.05) is 6.07 Å². The Morgan fingerprint density at radius 1 is 1.00 bits per heavy atom. The monoisotopic (exact) mass is 370 g/mol. The van der Waals surface area contributed by atoms with Crippen LogP contribution in [0.25, 0.3) is 0 Å². The van der Waals surface area contributed by atoms with Crippen molar-refractivity contribution in [3.63, 3.8) is 0 Å². The molecule has 2 rings (SSSR count). The largest absolute Gasteiger partial charge is 0.495 e. The summed E-state index contributed by atoms with van der Waals surface area (Å²) in [5.74, 6) is -0.628. The van der Waals surface area contributed by atoms with Gasteiger partial charge < -0.3 is 20.1 Å². The normalized spacial score (nSPS) is 11.2. The zero-order valence-corrected chi connectivity index (χ0v) is 15.4. The molecule has 7 heteroatoms. The van der Waals surface area contributed by atoms with Crippen LogP contribution >= 0.6 is 0 Å². The first-order chi connectivity index (χ1) is 12.9. The third-order valence-corrected chi connectivity index (χ3v) is 3.74. The summed E-state index contributed by atoms with van der Waals surface area (Å²) in [6, 6.07) is 13.5. The van der Waals surface area contributed by atoms with Crippen LogP contribution in [0.1, 0.15) is 30.6 Å². The fraction of sp³-hybridized carbons (Fsp3) is 0.250. The fourth-order valence-corrected chi connectivity index (χ4v) is 2.23. The molecule has 0 bridgehead atoms. The van der Waals surface area contributed by atoms with Crippen molar-refractivity contribution in [3.8, 4) is 5.75 Å². The molecule has 0 spiro atoms. The van der Waals surface area contributed by atoms with Crippen molar-refractivity contribution < 1.29 is 23.9 Å². The molecule has 27 heavy (non-hydrogen) atoms. The number of nitrogens with one attached hydrogen (secondary N) is 2. The Balaban J connectivity index is 1.99. The molecule has 0 aromatic heterocycles. The highest BCUT2D eigenvalue weighted by atomic mass is 16.5. The maximum absolute atomic E-state index is 12.4. The minimum atomic E-state index is -0.897. The third kappa shape index (κ3) is 5.57. The van der Waals surface area contributed by atoms with Crippen LogP contribution in [0, 0.1) is 0 Å². The molecule has 2 N–H and O–H groups in total. The Bertz CT molecular complexity index is 817. The standard InChI is InChI=1S/C20H22N2O5/c1-4-18(23)27-13(2)19(24)21-15-11-9-14(10-12-15)20(25)22-16-7-5-6-8-17(16)26-3/h5-13H,4H2,1-3H3,(H,21,24)(H,22,25)/t13-/m1/s1. The Kier molecular flexibility index (Phi) is 6.93. The van der Waals surface area contributed by atoms with Gasteiger partial charge >= 0.3 is 5.97 Å². The van der Waals surface area contributed by atoms with Gasteiger partial charge in [0, 0.05) is 17.7 Å². The maximum atomic E-state index is 12.4. The van der Waals surface area contributed by atoms with Gasteiger partial charge in [0.2, 0.25) is 0 Å². The van der Waals surface area contributed by atoms with Crippen molar-refractivity contribution in [2.24, 2.45) is 0 Å². The quantitative estimate of drug-likeness (QED) is 0.730. The number of ether oxygens (including phenoxy) is 2. The first-order valence-electron chi connectivity index (χ1n) is 8.49. The second-order valence-electron chi connectivity index (χ2n) is 5.71. The van der Waals surface area contributed by atoms with E-state index in [9.17, 15) is 14.4 Å². The Labute approximate surface area is 157 Å². The number of carbonyl (C=O) groups excluding carboxylic acids is 3. The van der Waals surface area contributed by atoms with Crippen molar-refractivity contribution in [3.05, 3.63) is 54.1 Å². The summed E-state index contributed by atoms with van der Waals surface area (Å²) in [6.45, 7) is 3.15. The van der Waals surface area contributed by atoms with E-state index in [0.29, 0.717) is 22.7 Å². The van der Waals surface area contributed by atoms with Gasteiger partial charge in [0.1, 0.15) is 5.75 Å². The molecule has 2 aromatic rings. The molecule has 0 aliphatic rings. The molecular formula is C20H22N2O5. The molecule has 142 valence electrons. The van der Waals surface area contributed by atoms with Crippen LogP contribution in [0.15, 0.2) is 48.5 Å². The second kappa shape index (κ2) is 9.38. The number of amides is 2. The lowest BCUT2D eigenvalue weighted by Gasteiger charge is -2.13. The molecule has 0 unspecified atom stereocenters.